The van der Waals surface area contributed by atoms with E-state index in [-0.39, 0.29) is 11.5 Å². The van der Waals surface area contributed by atoms with Crippen molar-refractivity contribution in [2.24, 2.45) is 0 Å². The molecule has 0 aromatic carbocycles. The van der Waals surface area contributed by atoms with Gasteiger partial charge in [-0.25, -0.2) is 19.6 Å². The summed E-state index contributed by atoms with van der Waals surface area (Å²) < 4.78 is 5.41. The van der Waals surface area contributed by atoms with E-state index in [1.807, 2.05) is 20.8 Å². The maximum absolute atomic E-state index is 12.2. The van der Waals surface area contributed by atoms with Crippen molar-refractivity contribution in [2.75, 3.05) is 11.4 Å². The van der Waals surface area contributed by atoms with Gasteiger partial charge in [0.1, 0.15) is 11.6 Å². The third kappa shape index (κ3) is 3.68. The highest BCUT2D eigenvalue weighted by Crippen LogP contribution is 2.24. The van der Waals surface area contributed by atoms with E-state index in [0.29, 0.717) is 18.9 Å². The lowest BCUT2D eigenvalue weighted by atomic mass is 10.1. The van der Waals surface area contributed by atoms with E-state index in [1.54, 1.807) is 4.90 Å². The summed E-state index contributed by atoms with van der Waals surface area (Å²) in [5, 5.41) is 8.84. The van der Waals surface area contributed by atoms with E-state index >= 15 is 0 Å². The molecule has 21 heavy (non-hydrogen) atoms. The van der Waals surface area contributed by atoms with Crippen LogP contribution in [0.4, 0.5) is 5.95 Å². The zero-order valence-electron chi connectivity index (χ0n) is 12.4. The van der Waals surface area contributed by atoms with Crippen molar-refractivity contribution in [3.05, 3.63) is 18.0 Å². The van der Waals surface area contributed by atoms with Gasteiger partial charge in [-0.3, -0.25) is 0 Å². The first-order chi connectivity index (χ1) is 9.78. The number of anilines is 1. The number of hydrogen-bond donors (Lipinski definition) is 1. The van der Waals surface area contributed by atoms with Crippen molar-refractivity contribution >= 4 is 17.9 Å². The molecule has 0 saturated carbocycles. The average molecular weight is 293 g/mol. The Kier molecular flexibility index (Phi) is 4.11. The first-order valence-corrected chi connectivity index (χ1v) is 6.83. The molecule has 0 amide bonds. The zero-order valence-corrected chi connectivity index (χ0v) is 12.4. The van der Waals surface area contributed by atoms with Gasteiger partial charge in [-0.2, -0.15) is 0 Å². The van der Waals surface area contributed by atoms with E-state index in [1.165, 1.54) is 12.4 Å². The summed E-state index contributed by atoms with van der Waals surface area (Å²) in [4.78, 5) is 32.8. The number of esters is 1. The van der Waals surface area contributed by atoms with Gasteiger partial charge >= 0.3 is 11.9 Å². The fourth-order valence-electron chi connectivity index (χ4n) is 2.20. The van der Waals surface area contributed by atoms with Gasteiger partial charge < -0.3 is 14.7 Å². The molecular weight excluding hydrogens is 274 g/mol. The number of aromatic nitrogens is 2. The molecule has 2 rings (SSSR count). The van der Waals surface area contributed by atoms with Gasteiger partial charge in [0, 0.05) is 18.9 Å². The van der Waals surface area contributed by atoms with Crippen molar-refractivity contribution in [1.29, 1.82) is 0 Å². The summed E-state index contributed by atoms with van der Waals surface area (Å²) in [6.07, 6.45) is 4.01. The van der Waals surface area contributed by atoms with Crippen LogP contribution in [-0.2, 0) is 9.53 Å². The maximum Gasteiger partial charge on any atom is 0.338 e. The Balaban J connectivity index is 2.14. The van der Waals surface area contributed by atoms with Crippen LogP contribution in [0.15, 0.2) is 12.4 Å². The molecule has 7 nitrogen and oxygen atoms in total. The Morgan fingerprint density at radius 1 is 1.33 bits per heavy atom. The smallest absolute Gasteiger partial charge is 0.338 e. The minimum absolute atomic E-state index is 0.0202. The lowest BCUT2D eigenvalue weighted by Gasteiger charge is -2.27. The third-order valence-electron chi connectivity index (χ3n) is 3.07. The van der Waals surface area contributed by atoms with Gasteiger partial charge in [0.05, 0.1) is 5.56 Å². The molecule has 1 unspecified atom stereocenters. The second kappa shape index (κ2) is 5.67. The normalized spacial score (nSPS) is 18.6. The molecule has 0 radical (unpaired) electrons. The molecular formula is C14H19N3O4. The summed E-state index contributed by atoms with van der Waals surface area (Å²) in [6.45, 7) is 6.11. The minimum Gasteiger partial charge on any atom is -0.478 e. The number of hydrogen-bond acceptors (Lipinski definition) is 6. The molecule has 1 atom stereocenters. The molecule has 0 aliphatic carbocycles. The number of ether oxygens (including phenoxy) is 1. The Bertz CT molecular complexity index is 536. The predicted molar refractivity (Wildman–Crippen MR) is 75.2 cm³/mol. The van der Waals surface area contributed by atoms with Crippen molar-refractivity contribution < 1.29 is 19.4 Å². The van der Waals surface area contributed by atoms with Gasteiger partial charge in [-0.15, -0.1) is 0 Å². The molecule has 1 aliphatic heterocycles. The van der Waals surface area contributed by atoms with Gasteiger partial charge in [0.25, 0.3) is 0 Å². The van der Waals surface area contributed by atoms with E-state index in [4.69, 9.17) is 9.84 Å². The highest BCUT2D eigenvalue weighted by Gasteiger charge is 2.35. The van der Waals surface area contributed by atoms with E-state index < -0.39 is 17.6 Å². The van der Waals surface area contributed by atoms with E-state index in [9.17, 15) is 9.59 Å². The quantitative estimate of drug-likeness (QED) is 0.844. The Morgan fingerprint density at radius 2 is 1.95 bits per heavy atom. The molecule has 1 aromatic rings. The second-order valence-electron chi connectivity index (χ2n) is 5.96. The molecule has 7 heteroatoms. The molecule has 2 heterocycles. The van der Waals surface area contributed by atoms with E-state index in [2.05, 4.69) is 9.97 Å². The van der Waals surface area contributed by atoms with Crippen LogP contribution in [0.1, 0.15) is 44.0 Å². The summed E-state index contributed by atoms with van der Waals surface area (Å²) in [7, 11) is 0. The van der Waals surface area contributed by atoms with Crippen LogP contribution in [-0.4, -0.2) is 45.2 Å². The van der Waals surface area contributed by atoms with Crippen LogP contribution in [0.2, 0.25) is 0 Å². The minimum atomic E-state index is -1.08. The summed E-state index contributed by atoms with van der Waals surface area (Å²) in [6, 6.07) is -0.417. The molecule has 0 bridgehead atoms. The standard InChI is InChI=1S/C14H19N3O4/c1-14(2,3)21-12(20)10-5-4-6-17(10)13-15-7-9(8-16-13)11(18)19/h7-8,10H,4-6H2,1-3H3,(H,18,19). The number of nitrogens with zero attached hydrogens (tertiary/aromatic N) is 3. The Labute approximate surface area is 123 Å². The average Bonchev–Trinajstić information content (AvgIpc) is 2.86. The predicted octanol–water partition coefficient (Wildman–Crippen LogP) is 1.49. The molecule has 114 valence electrons. The number of carbonyl (C=O) groups excluding carboxylic acids is 1. The summed E-state index contributed by atoms with van der Waals surface area (Å²) in [5.41, 5.74) is -0.522. The Morgan fingerprint density at radius 3 is 2.48 bits per heavy atom. The molecule has 1 fully saturated rings. The number of aromatic carboxylic acids is 1. The summed E-state index contributed by atoms with van der Waals surface area (Å²) in [5.74, 6) is -1.02. The molecule has 1 aliphatic rings. The largest absolute Gasteiger partial charge is 0.478 e. The van der Waals surface area contributed by atoms with Crippen LogP contribution in [0.5, 0.6) is 0 Å². The fraction of sp³-hybridized carbons (Fsp3) is 0.571. The van der Waals surface area contributed by atoms with Crippen molar-refractivity contribution in [3.63, 3.8) is 0 Å². The van der Waals surface area contributed by atoms with Gasteiger partial charge in [0.15, 0.2) is 0 Å². The van der Waals surface area contributed by atoms with Gasteiger partial charge in [0.2, 0.25) is 5.95 Å². The van der Waals surface area contributed by atoms with Crippen molar-refractivity contribution in [3.8, 4) is 0 Å². The van der Waals surface area contributed by atoms with Crippen molar-refractivity contribution in [2.45, 2.75) is 45.3 Å². The molecule has 1 aromatic heterocycles. The van der Waals surface area contributed by atoms with Crippen molar-refractivity contribution in [1.82, 2.24) is 9.97 Å². The van der Waals surface area contributed by atoms with Gasteiger partial charge in [-0.05, 0) is 33.6 Å². The number of carboxylic acid groups (broad SMARTS) is 1. The lowest BCUT2D eigenvalue weighted by Crippen LogP contribution is -2.41. The second-order valence-corrected chi connectivity index (χ2v) is 5.96. The monoisotopic (exact) mass is 293 g/mol. The van der Waals surface area contributed by atoms with E-state index in [0.717, 1.165) is 6.42 Å². The molecule has 1 N–H and O–H groups in total. The molecule has 0 spiro atoms. The maximum atomic E-state index is 12.2. The lowest BCUT2D eigenvalue weighted by molar-refractivity contribution is -0.156. The van der Waals surface area contributed by atoms with Crippen LogP contribution >= 0.6 is 0 Å². The fourth-order valence-corrected chi connectivity index (χ4v) is 2.20. The first-order valence-electron chi connectivity index (χ1n) is 6.83. The number of carboxylic acids is 1. The summed E-state index contributed by atoms with van der Waals surface area (Å²) >= 11 is 0. The highest BCUT2D eigenvalue weighted by atomic mass is 16.6. The van der Waals surface area contributed by atoms with Crippen LogP contribution < -0.4 is 4.90 Å². The third-order valence-corrected chi connectivity index (χ3v) is 3.07. The number of carbonyl (C=O) groups is 2. The van der Waals surface area contributed by atoms with Crippen LogP contribution in [0.3, 0.4) is 0 Å². The first kappa shape index (κ1) is 15.2. The number of rotatable bonds is 3. The van der Waals surface area contributed by atoms with Crippen LogP contribution in [0, 0.1) is 0 Å². The zero-order chi connectivity index (χ0) is 15.6. The SMILES string of the molecule is CC(C)(C)OC(=O)C1CCCN1c1ncc(C(=O)O)cn1. The molecule has 1 saturated heterocycles. The highest BCUT2D eigenvalue weighted by molar-refractivity contribution is 5.87. The Hall–Kier alpha value is -2.18. The van der Waals surface area contributed by atoms with Crippen LogP contribution in [0.25, 0.3) is 0 Å². The van der Waals surface area contributed by atoms with Gasteiger partial charge in [-0.1, -0.05) is 0 Å². The topological polar surface area (TPSA) is 92.6 Å².